The van der Waals surface area contributed by atoms with Crippen molar-refractivity contribution < 1.29 is 9.90 Å². The van der Waals surface area contributed by atoms with E-state index in [1.807, 2.05) is 30.9 Å². The largest absolute Gasteiger partial charge is 0.395 e. The molecular formula is C13H21ClN2O2S. The molecule has 0 bridgehead atoms. The van der Waals surface area contributed by atoms with E-state index in [0.29, 0.717) is 19.6 Å². The number of carbonyl (C=O) groups is 1. The Labute approximate surface area is 123 Å². The lowest BCUT2D eigenvalue weighted by molar-refractivity contribution is -0.132. The molecule has 0 aliphatic rings. The third-order valence-electron chi connectivity index (χ3n) is 2.90. The molecule has 0 radical (unpaired) electrons. The number of aliphatic hydroxyl groups is 1. The van der Waals surface area contributed by atoms with Crippen molar-refractivity contribution >= 4 is 28.8 Å². The van der Waals surface area contributed by atoms with Crippen LogP contribution in [0, 0.1) is 0 Å². The van der Waals surface area contributed by atoms with E-state index in [9.17, 15) is 4.79 Å². The van der Waals surface area contributed by atoms with Gasteiger partial charge in [0.05, 0.1) is 24.0 Å². The van der Waals surface area contributed by atoms with Gasteiger partial charge in [0, 0.05) is 24.5 Å². The quantitative estimate of drug-likeness (QED) is 0.838. The number of hydrogen-bond acceptors (Lipinski definition) is 4. The van der Waals surface area contributed by atoms with Crippen molar-refractivity contribution in [3.63, 3.8) is 0 Å². The van der Waals surface area contributed by atoms with Crippen LogP contribution in [0.25, 0.3) is 0 Å². The first kappa shape index (κ1) is 16.4. The van der Waals surface area contributed by atoms with Crippen molar-refractivity contribution in [1.82, 2.24) is 9.80 Å². The lowest BCUT2D eigenvalue weighted by Crippen LogP contribution is -2.42. The Morgan fingerprint density at radius 1 is 1.47 bits per heavy atom. The van der Waals surface area contributed by atoms with Crippen molar-refractivity contribution in [2.45, 2.75) is 26.4 Å². The number of thiophene rings is 1. The van der Waals surface area contributed by atoms with Crippen molar-refractivity contribution in [2.24, 2.45) is 0 Å². The van der Waals surface area contributed by atoms with Gasteiger partial charge in [-0.25, -0.2) is 0 Å². The summed E-state index contributed by atoms with van der Waals surface area (Å²) in [5.41, 5.74) is 0. The minimum Gasteiger partial charge on any atom is -0.395 e. The van der Waals surface area contributed by atoms with Gasteiger partial charge in [-0.3, -0.25) is 9.69 Å². The second kappa shape index (κ2) is 7.85. The molecule has 108 valence electrons. The highest BCUT2D eigenvalue weighted by Gasteiger charge is 2.17. The first-order chi connectivity index (χ1) is 8.93. The van der Waals surface area contributed by atoms with E-state index in [-0.39, 0.29) is 18.6 Å². The van der Waals surface area contributed by atoms with E-state index in [4.69, 9.17) is 16.7 Å². The van der Waals surface area contributed by atoms with E-state index in [2.05, 4.69) is 0 Å². The summed E-state index contributed by atoms with van der Waals surface area (Å²) >= 11 is 7.36. The van der Waals surface area contributed by atoms with E-state index < -0.39 is 0 Å². The normalized spacial score (nSPS) is 11.3. The van der Waals surface area contributed by atoms with Crippen LogP contribution in [0.2, 0.25) is 4.34 Å². The third-order valence-corrected chi connectivity index (χ3v) is 4.12. The summed E-state index contributed by atoms with van der Waals surface area (Å²) in [5, 5.41) is 9.00. The Morgan fingerprint density at radius 2 is 2.16 bits per heavy atom. The standard InChI is InChI=1S/C13H21ClN2O2S/c1-10(2)16(6-7-17)9-13(18)15(3)8-11-4-5-12(14)19-11/h4-5,10,17H,6-9H2,1-3H3. The predicted octanol–water partition coefficient (Wildman–Crippen LogP) is 2.06. The summed E-state index contributed by atoms with van der Waals surface area (Å²) in [6, 6.07) is 4.01. The van der Waals surface area contributed by atoms with E-state index >= 15 is 0 Å². The minimum absolute atomic E-state index is 0.0478. The fraction of sp³-hybridized carbons (Fsp3) is 0.615. The first-order valence-corrected chi connectivity index (χ1v) is 7.46. The first-order valence-electron chi connectivity index (χ1n) is 6.27. The Kier molecular flexibility index (Phi) is 6.79. The number of hydrogen-bond donors (Lipinski definition) is 1. The molecule has 4 nitrogen and oxygen atoms in total. The zero-order valence-electron chi connectivity index (χ0n) is 11.6. The summed E-state index contributed by atoms with van der Waals surface area (Å²) in [5.74, 6) is 0.0478. The molecule has 0 aromatic carbocycles. The third kappa shape index (κ3) is 5.48. The Morgan fingerprint density at radius 3 is 2.63 bits per heavy atom. The summed E-state index contributed by atoms with van der Waals surface area (Å²) in [6.45, 7) is 5.51. The van der Waals surface area contributed by atoms with Crippen LogP contribution >= 0.6 is 22.9 Å². The topological polar surface area (TPSA) is 43.8 Å². The molecule has 1 rings (SSSR count). The van der Waals surface area contributed by atoms with Crippen LogP contribution in [0.5, 0.6) is 0 Å². The number of nitrogens with zero attached hydrogens (tertiary/aromatic N) is 2. The molecule has 1 amide bonds. The summed E-state index contributed by atoms with van der Waals surface area (Å²) < 4.78 is 0.736. The second-order valence-electron chi connectivity index (χ2n) is 4.74. The lowest BCUT2D eigenvalue weighted by Gasteiger charge is -2.27. The van der Waals surface area contributed by atoms with E-state index in [0.717, 1.165) is 9.21 Å². The zero-order valence-corrected chi connectivity index (χ0v) is 13.2. The highest BCUT2D eigenvalue weighted by molar-refractivity contribution is 7.16. The van der Waals surface area contributed by atoms with Crippen LogP contribution in [0.1, 0.15) is 18.7 Å². The molecule has 1 aromatic heterocycles. The molecule has 0 fully saturated rings. The number of rotatable bonds is 7. The molecule has 0 unspecified atom stereocenters. The number of halogens is 1. The molecule has 0 aliphatic heterocycles. The molecule has 0 saturated heterocycles. The average molecular weight is 305 g/mol. The fourth-order valence-electron chi connectivity index (χ4n) is 1.70. The van der Waals surface area contributed by atoms with Gasteiger partial charge in [0.1, 0.15) is 0 Å². The molecule has 0 saturated carbocycles. The van der Waals surface area contributed by atoms with Gasteiger partial charge in [0.2, 0.25) is 5.91 Å². The summed E-state index contributed by atoms with van der Waals surface area (Å²) in [6.07, 6.45) is 0. The molecule has 0 aliphatic carbocycles. The Hall–Kier alpha value is -0.620. The molecule has 1 N–H and O–H groups in total. The van der Waals surface area contributed by atoms with Crippen LogP contribution in [0.4, 0.5) is 0 Å². The molecule has 1 heterocycles. The predicted molar refractivity (Wildman–Crippen MR) is 79.6 cm³/mol. The Bertz CT molecular complexity index is 409. The number of carbonyl (C=O) groups excluding carboxylic acids is 1. The van der Waals surface area contributed by atoms with Gasteiger partial charge in [-0.1, -0.05) is 11.6 Å². The molecule has 0 atom stereocenters. The van der Waals surface area contributed by atoms with Crippen molar-refractivity contribution in [3.05, 3.63) is 21.3 Å². The van der Waals surface area contributed by atoms with E-state index in [1.54, 1.807) is 11.9 Å². The summed E-state index contributed by atoms with van der Waals surface area (Å²) in [7, 11) is 1.79. The summed E-state index contributed by atoms with van der Waals surface area (Å²) in [4.78, 5) is 16.8. The van der Waals surface area contributed by atoms with Crippen molar-refractivity contribution in [3.8, 4) is 0 Å². The fourth-order valence-corrected chi connectivity index (χ4v) is 2.84. The lowest BCUT2D eigenvalue weighted by atomic mass is 10.3. The van der Waals surface area contributed by atoms with Gasteiger partial charge in [-0.15, -0.1) is 11.3 Å². The number of likely N-dealkylation sites (N-methyl/N-ethyl adjacent to an activating group) is 1. The van der Waals surface area contributed by atoms with Crippen LogP contribution < -0.4 is 0 Å². The maximum Gasteiger partial charge on any atom is 0.236 e. The van der Waals surface area contributed by atoms with Gasteiger partial charge >= 0.3 is 0 Å². The molecule has 1 aromatic rings. The number of aliphatic hydroxyl groups excluding tert-OH is 1. The molecule has 6 heteroatoms. The van der Waals surface area contributed by atoms with E-state index in [1.165, 1.54) is 11.3 Å². The SMILES string of the molecule is CC(C)N(CCO)CC(=O)N(C)Cc1ccc(Cl)s1. The smallest absolute Gasteiger partial charge is 0.236 e. The van der Waals surface area contributed by atoms with Gasteiger partial charge < -0.3 is 10.0 Å². The van der Waals surface area contributed by atoms with Crippen LogP contribution in [-0.4, -0.2) is 53.6 Å². The van der Waals surface area contributed by atoms with Crippen molar-refractivity contribution in [1.29, 1.82) is 0 Å². The Balaban J connectivity index is 2.51. The monoisotopic (exact) mass is 304 g/mol. The number of amides is 1. The molecular weight excluding hydrogens is 284 g/mol. The zero-order chi connectivity index (χ0) is 14.4. The highest BCUT2D eigenvalue weighted by atomic mass is 35.5. The molecule has 0 spiro atoms. The van der Waals surface area contributed by atoms with Gasteiger partial charge in [-0.05, 0) is 26.0 Å². The highest BCUT2D eigenvalue weighted by Crippen LogP contribution is 2.22. The van der Waals surface area contributed by atoms with Gasteiger partial charge in [0.25, 0.3) is 0 Å². The maximum absolute atomic E-state index is 12.1. The van der Waals surface area contributed by atoms with Crippen LogP contribution in [0.15, 0.2) is 12.1 Å². The van der Waals surface area contributed by atoms with Gasteiger partial charge in [-0.2, -0.15) is 0 Å². The second-order valence-corrected chi connectivity index (χ2v) is 6.54. The van der Waals surface area contributed by atoms with Crippen LogP contribution in [0.3, 0.4) is 0 Å². The molecule has 19 heavy (non-hydrogen) atoms. The van der Waals surface area contributed by atoms with Gasteiger partial charge in [0.15, 0.2) is 0 Å². The minimum atomic E-state index is 0.0478. The van der Waals surface area contributed by atoms with Crippen LogP contribution in [-0.2, 0) is 11.3 Å². The van der Waals surface area contributed by atoms with Crippen molar-refractivity contribution in [2.75, 3.05) is 26.7 Å². The average Bonchev–Trinajstić information content (AvgIpc) is 2.73. The maximum atomic E-state index is 12.1.